The van der Waals surface area contributed by atoms with Crippen LogP contribution in [0.2, 0.25) is 0 Å². The zero-order valence-electron chi connectivity index (χ0n) is 10.7. The Morgan fingerprint density at radius 1 is 0.722 bits per heavy atom. The quantitative estimate of drug-likeness (QED) is 0.849. The lowest BCUT2D eigenvalue weighted by Crippen LogP contribution is -2.51. The standard InChI is InChI=1S/C17H19N/c1-12-15(13-8-4-2-5-9-13)16(17(12)18)14-10-6-3-7-11-14/h2-12,15-17H,18H2,1H3. The van der Waals surface area contributed by atoms with Crippen molar-refractivity contribution >= 4 is 0 Å². The molecular weight excluding hydrogens is 218 g/mol. The van der Waals surface area contributed by atoms with E-state index in [0.717, 1.165) is 0 Å². The van der Waals surface area contributed by atoms with Crippen LogP contribution in [-0.4, -0.2) is 6.04 Å². The number of hydrogen-bond acceptors (Lipinski definition) is 1. The van der Waals surface area contributed by atoms with Crippen molar-refractivity contribution in [2.45, 2.75) is 24.8 Å². The lowest BCUT2D eigenvalue weighted by atomic mass is 9.57. The summed E-state index contributed by atoms with van der Waals surface area (Å²) in [6, 6.07) is 21.7. The molecule has 3 rings (SSSR count). The van der Waals surface area contributed by atoms with Crippen molar-refractivity contribution in [2.75, 3.05) is 0 Å². The molecule has 1 saturated carbocycles. The highest BCUT2D eigenvalue weighted by atomic mass is 14.8. The normalized spacial score (nSPS) is 30.8. The van der Waals surface area contributed by atoms with E-state index >= 15 is 0 Å². The van der Waals surface area contributed by atoms with Crippen LogP contribution in [0.25, 0.3) is 0 Å². The summed E-state index contributed by atoms with van der Waals surface area (Å²) in [5.41, 5.74) is 9.12. The van der Waals surface area contributed by atoms with Crippen LogP contribution in [0.5, 0.6) is 0 Å². The minimum atomic E-state index is 0.276. The highest BCUT2D eigenvalue weighted by Crippen LogP contribution is 2.52. The first-order chi connectivity index (χ1) is 8.79. The Kier molecular flexibility index (Phi) is 2.92. The van der Waals surface area contributed by atoms with Crippen LogP contribution in [0.3, 0.4) is 0 Å². The summed E-state index contributed by atoms with van der Waals surface area (Å²) in [5, 5.41) is 0. The van der Waals surface area contributed by atoms with Gasteiger partial charge in [0.05, 0.1) is 0 Å². The van der Waals surface area contributed by atoms with E-state index in [9.17, 15) is 0 Å². The first kappa shape index (κ1) is 11.5. The molecule has 0 bridgehead atoms. The van der Waals surface area contributed by atoms with E-state index in [0.29, 0.717) is 17.8 Å². The predicted octanol–water partition coefficient (Wildman–Crippen LogP) is 3.53. The molecule has 1 nitrogen and oxygen atoms in total. The number of nitrogens with two attached hydrogens (primary N) is 1. The second-order valence-electron chi connectivity index (χ2n) is 5.31. The molecule has 1 aliphatic rings. The first-order valence-electron chi connectivity index (χ1n) is 6.64. The summed E-state index contributed by atoms with van der Waals surface area (Å²) in [6.45, 7) is 2.27. The third-order valence-electron chi connectivity index (χ3n) is 4.34. The van der Waals surface area contributed by atoms with Gasteiger partial charge in [0.2, 0.25) is 0 Å². The first-order valence-corrected chi connectivity index (χ1v) is 6.64. The third kappa shape index (κ3) is 1.75. The molecule has 92 valence electrons. The number of benzene rings is 2. The zero-order chi connectivity index (χ0) is 12.5. The van der Waals surface area contributed by atoms with E-state index in [1.54, 1.807) is 0 Å². The minimum absolute atomic E-state index is 0.276. The smallest absolute Gasteiger partial charge is 0.0146 e. The second-order valence-corrected chi connectivity index (χ2v) is 5.31. The van der Waals surface area contributed by atoms with Gasteiger partial charge in [0.25, 0.3) is 0 Å². The van der Waals surface area contributed by atoms with Gasteiger partial charge in [-0.1, -0.05) is 67.6 Å². The molecule has 0 aromatic heterocycles. The average Bonchev–Trinajstić information content (AvgIpc) is 2.45. The molecule has 2 aromatic rings. The molecule has 1 fully saturated rings. The fourth-order valence-corrected chi connectivity index (χ4v) is 3.28. The van der Waals surface area contributed by atoms with Gasteiger partial charge in [0.1, 0.15) is 0 Å². The zero-order valence-corrected chi connectivity index (χ0v) is 10.7. The van der Waals surface area contributed by atoms with Gasteiger partial charge in [-0.2, -0.15) is 0 Å². The van der Waals surface area contributed by atoms with Gasteiger partial charge in [-0.25, -0.2) is 0 Å². The SMILES string of the molecule is CC1C(N)C(c2ccccc2)C1c1ccccc1. The average molecular weight is 237 g/mol. The van der Waals surface area contributed by atoms with E-state index in [2.05, 4.69) is 67.6 Å². The highest BCUT2D eigenvalue weighted by Gasteiger charge is 2.46. The molecule has 18 heavy (non-hydrogen) atoms. The van der Waals surface area contributed by atoms with E-state index in [1.807, 2.05) is 0 Å². The van der Waals surface area contributed by atoms with Gasteiger partial charge in [0, 0.05) is 12.0 Å². The van der Waals surface area contributed by atoms with Gasteiger partial charge >= 0.3 is 0 Å². The molecule has 4 unspecified atom stereocenters. The van der Waals surface area contributed by atoms with Crippen molar-refractivity contribution in [3.8, 4) is 0 Å². The van der Waals surface area contributed by atoms with E-state index in [1.165, 1.54) is 11.1 Å². The Labute approximate surface area is 109 Å². The van der Waals surface area contributed by atoms with Gasteiger partial charge in [-0.3, -0.25) is 0 Å². The number of rotatable bonds is 2. The molecule has 0 radical (unpaired) electrons. The molecule has 2 aromatic carbocycles. The van der Waals surface area contributed by atoms with Crippen molar-refractivity contribution in [3.05, 3.63) is 71.8 Å². The lowest BCUT2D eigenvalue weighted by Gasteiger charge is -2.49. The van der Waals surface area contributed by atoms with Crippen LogP contribution in [0.4, 0.5) is 0 Å². The molecule has 0 spiro atoms. The largest absolute Gasteiger partial charge is 0.327 e. The van der Waals surface area contributed by atoms with Crippen LogP contribution < -0.4 is 5.73 Å². The van der Waals surface area contributed by atoms with E-state index in [4.69, 9.17) is 5.73 Å². The fraction of sp³-hybridized carbons (Fsp3) is 0.294. The minimum Gasteiger partial charge on any atom is -0.327 e. The van der Waals surface area contributed by atoms with Gasteiger partial charge in [0.15, 0.2) is 0 Å². The second kappa shape index (κ2) is 4.58. The van der Waals surface area contributed by atoms with Crippen LogP contribution in [0.1, 0.15) is 29.9 Å². The van der Waals surface area contributed by atoms with Gasteiger partial charge in [-0.05, 0) is 23.0 Å². The molecule has 1 aliphatic carbocycles. The molecule has 2 N–H and O–H groups in total. The van der Waals surface area contributed by atoms with Gasteiger partial charge < -0.3 is 5.73 Å². The summed E-state index contributed by atoms with van der Waals surface area (Å²) < 4.78 is 0. The maximum absolute atomic E-state index is 6.33. The monoisotopic (exact) mass is 237 g/mol. The van der Waals surface area contributed by atoms with Crippen molar-refractivity contribution in [1.82, 2.24) is 0 Å². The molecule has 1 heteroatoms. The Bertz CT molecular complexity index is 456. The lowest BCUT2D eigenvalue weighted by molar-refractivity contribution is 0.178. The molecule has 4 atom stereocenters. The molecule has 0 amide bonds. The van der Waals surface area contributed by atoms with E-state index in [-0.39, 0.29) is 6.04 Å². The van der Waals surface area contributed by atoms with Crippen molar-refractivity contribution in [3.63, 3.8) is 0 Å². The predicted molar refractivity (Wildman–Crippen MR) is 75.5 cm³/mol. The van der Waals surface area contributed by atoms with Crippen LogP contribution in [0.15, 0.2) is 60.7 Å². The fourth-order valence-electron chi connectivity index (χ4n) is 3.28. The van der Waals surface area contributed by atoms with Crippen LogP contribution in [-0.2, 0) is 0 Å². The molecular formula is C17H19N. The third-order valence-corrected chi connectivity index (χ3v) is 4.34. The summed E-state index contributed by atoms with van der Waals surface area (Å²) in [6.07, 6.45) is 0. The molecule has 0 aliphatic heterocycles. The Morgan fingerprint density at radius 2 is 1.17 bits per heavy atom. The summed E-state index contributed by atoms with van der Waals surface area (Å²) in [5.74, 6) is 1.57. The Hall–Kier alpha value is -1.60. The van der Waals surface area contributed by atoms with Crippen LogP contribution in [0, 0.1) is 5.92 Å². The molecule has 0 saturated heterocycles. The van der Waals surface area contributed by atoms with Crippen molar-refractivity contribution < 1.29 is 0 Å². The maximum atomic E-state index is 6.33. The van der Waals surface area contributed by atoms with Crippen molar-refractivity contribution in [1.29, 1.82) is 0 Å². The Morgan fingerprint density at radius 3 is 1.67 bits per heavy atom. The van der Waals surface area contributed by atoms with Crippen LogP contribution >= 0.6 is 0 Å². The Balaban J connectivity index is 1.94. The van der Waals surface area contributed by atoms with Crippen molar-refractivity contribution in [2.24, 2.45) is 11.7 Å². The molecule has 0 heterocycles. The van der Waals surface area contributed by atoms with E-state index < -0.39 is 0 Å². The highest BCUT2D eigenvalue weighted by molar-refractivity contribution is 5.36. The topological polar surface area (TPSA) is 26.0 Å². The van der Waals surface area contributed by atoms with Gasteiger partial charge in [-0.15, -0.1) is 0 Å². The summed E-state index contributed by atoms with van der Waals surface area (Å²) in [7, 11) is 0. The summed E-state index contributed by atoms with van der Waals surface area (Å²) in [4.78, 5) is 0. The maximum Gasteiger partial charge on any atom is 0.0146 e. The number of hydrogen-bond donors (Lipinski definition) is 1. The summed E-state index contributed by atoms with van der Waals surface area (Å²) >= 11 is 0.